The molecule has 0 aliphatic rings. The van der Waals surface area contributed by atoms with Crippen LogP contribution in [0.3, 0.4) is 0 Å². The Morgan fingerprint density at radius 1 is 1.44 bits per heavy atom. The Hall–Kier alpha value is -1.23. The van der Waals surface area contributed by atoms with Gasteiger partial charge in [-0.15, -0.1) is 0 Å². The van der Waals surface area contributed by atoms with E-state index in [4.69, 9.17) is 10.8 Å². The van der Waals surface area contributed by atoms with Gasteiger partial charge in [-0.3, -0.25) is 0 Å². The lowest BCUT2D eigenvalue weighted by Crippen LogP contribution is -2.18. The van der Waals surface area contributed by atoms with E-state index in [2.05, 4.69) is 24.3 Å². The maximum absolute atomic E-state index is 8.97. The molecule has 0 aromatic carbocycles. The van der Waals surface area contributed by atoms with E-state index in [-0.39, 0.29) is 18.6 Å². The molecule has 0 aliphatic carbocycles. The summed E-state index contributed by atoms with van der Waals surface area (Å²) in [7, 11) is 0. The maximum atomic E-state index is 8.97. The number of aromatic nitrogens is 2. The van der Waals surface area contributed by atoms with Crippen molar-refractivity contribution in [2.24, 2.45) is 5.92 Å². The average Bonchev–Trinajstić information content (AvgIpc) is 2.53. The minimum Gasteiger partial charge on any atom is -0.396 e. The van der Waals surface area contributed by atoms with Crippen molar-refractivity contribution in [2.75, 3.05) is 24.2 Å². The van der Waals surface area contributed by atoms with Crippen molar-refractivity contribution in [1.82, 2.24) is 9.78 Å². The van der Waals surface area contributed by atoms with Crippen LogP contribution in [0.4, 0.5) is 11.5 Å². The van der Waals surface area contributed by atoms with Crippen molar-refractivity contribution in [3.63, 3.8) is 0 Å². The van der Waals surface area contributed by atoms with Crippen LogP contribution < -0.4 is 11.1 Å². The summed E-state index contributed by atoms with van der Waals surface area (Å²) in [6, 6.07) is 0.267. The number of aliphatic hydroxyl groups is 1. The molecule has 5 nitrogen and oxygen atoms in total. The zero-order valence-electron chi connectivity index (χ0n) is 10.5. The van der Waals surface area contributed by atoms with Crippen molar-refractivity contribution in [1.29, 1.82) is 0 Å². The number of anilines is 2. The summed E-state index contributed by atoms with van der Waals surface area (Å²) in [5.74, 6) is 1.06. The third-order valence-electron chi connectivity index (χ3n) is 2.55. The van der Waals surface area contributed by atoms with Crippen molar-refractivity contribution < 1.29 is 5.11 Å². The van der Waals surface area contributed by atoms with Crippen LogP contribution in [0.2, 0.25) is 0 Å². The zero-order chi connectivity index (χ0) is 12.3. The van der Waals surface area contributed by atoms with Gasteiger partial charge in [-0.1, -0.05) is 6.92 Å². The second-order valence-corrected chi connectivity index (χ2v) is 4.55. The van der Waals surface area contributed by atoms with Crippen LogP contribution in [0.5, 0.6) is 0 Å². The van der Waals surface area contributed by atoms with Gasteiger partial charge in [0.1, 0.15) is 5.82 Å². The molecule has 5 heteroatoms. The van der Waals surface area contributed by atoms with Gasteiger partial charge in [-0.05, 0) is 26.7 Å². The lowest BCUT2D eigenvalue weighted by Gasteiger charge is -2.15. The third kappa shape index (κ3) is 2.66. The predicted octanol–water partition coefficient (Wildman–Crippen LogP) is 1.39. The molecule has 0 radical (unpaired) electrons. The molecule has 0 bridgehead atoms. The maximum Gasteiger partial charge on any atom is 0.148 e. The monoisotopic (exact) mass is 226 g/mol. The van der Waals surface area contributed by atoms with E-state index in [1.54, 1.807) is 0 Å². The van der Waals surface area contributed by atoms with Gasteiger partial charge in [0.2, 0.25) is 0 Å². The summed E-state index contributed by atoms with van der Waals surface area (Å²) >= 11 is 0. The second-order valence-electron chi connectivity index (χ2n) is 4.55. The average molecular weight is 226 g/mol. The van der Waals surface area contributed by atoms with Gasteiger partial charge in [0.15, 0.2) is 0 Å². The fourth-order valence-electron chi connectivity index (χ4n) is 1.45. The Kier molecular flexibility index (Phi) is 4.18. The molecule has 16 heavy (non-hydrogen) atoms. The molecular weight excluding hydrogens is 204 g/mol. The van der Waals surface area contributed by atoms with E-state index in [9.17, 15) is 0 Å². The van der Waals surface area contributed by atoms with E-state index in [0.717, 1.165) is 11.5 Å². The van der Waals surface area contributed by atoms with E-state index in [1.165, 1.54) is 0 Å². The molecule has 1 rings (SSSR count). The first kappa shape index (κ1) is 12.8. The van der Waals surface area contributed by atoms with Crippen molar-refractivity contribution in [3.05, 3.63) is 5.69 Å². The number of nitrogen functional groups attached to an aromatic ring is 1. The Bertz CT molecular complexity index is 346. The van der Waals surface area contributed by atoms with E-state index >= 15 is 0 Å². The summed E-state index contributed by atoms with van der Waals surface area (Å²) in [6.45, 7) is 8.86. The van der Waals surface area contributed by atoms with Crippen molar-refractivity contribution in [2.45, 2.75) is 33.7 Å². The highest BCUT2D eigenvalue weighted by molar-refractivity contribution is 5.64. The minimum atomic E-state index is 0.168. The number of aryl methyl sites for hydroxylation is 1. The summed E-state index contributed by atoms with van der Waals surface area (Å²) < 4.78 is 1.88. The van der Waals surface area contributed by atoms with Crippen LogP contribution in [0.25, 0.3) is 0 Å². The molecule has 1 heterocycles. The number of hydrogen-bond acceptors (Lipinski definition) is 4. The zero-order valence-corrected chi connectivity index (χ0v) is 10.5. The molecule has 0 amide bonds. The molecular formula is C11H22N4O. The summed E-state index contributed by atoms with van der Waals surface area (Å²) in [4.78, 5) is 0. The highest BCUT2D eigenvalue weighted by atomic mass is 16.3. The van der Waals surface area contributed by atoms with Gasteiger partial charge < -0.3 is 16.2 Å². The van der Waals surface area contributed by atoms with Crippen LogP contribution in [-0.2, 0) is 0 Å². The van der Waals surface area contributed by atoms with Gasteiger partial charge in [0.25, 0.3) is 0 Å². The normalized spacial score (nSPS) is 13.1. The molecule has 1 unspecified atom stereocenters. The Morgan fingerprint density at radius 2 is 2.06 bits per heavy atom. The third-order valence-corrected chi connectivity index (χ3v) is 2.55. The smallest absolute Gasteiger partial charge is 0.148 e. The highest BCUT2D eigenvalue weighted by Crippen LogP contribution is 2.25. The Morgan fingerprint density at radius 3 is 2.56 bits per heavy atom. The molecule has 0 saturated carbocycles. The summed E-state index contributed by atoms with van der Waals surface area (Å²) in [6.07, 6.45) is 0. The lowest BCUT2D eigenvalue weighted by atomic mass is 10.2. The van der Waals surface area contributed by atoms with Gasteiger partial charge in [-0.25, -0.2) is 4.68 Å². The molecule has 4 N–H and O–H groups in total. The van der Waals surface area contributed by atoms with Crippen LogP contribution in [0.15, 0.2) is 0 Å². The van der Waals surface area contributed by atoms with E-state index in [1.807, 2.05) is 18.5 Å². The molecule has 0 spiro atoms. The Labute approximate surface area is 96.6 Å². The fourth-order valence-corrected chi connectivity index (χ4v) is 1.45. The molecule has 1 atom stereocenters. The first-order valence-corrected chi connectivity index (χ1v) is 5.66. The largest absolute Gasteiger partial charge is 0.396 e. The molecule has 1 aromatic rings. The Balaban J connectivity index is 2.85. The quantitative estimate of drug-likeness (QED) is 0.709. The lowest BCUT2D eigenvalue weighted by molar-refractivity contribution is 0.244. The SMILES string of the molecule is Cc1nn(C(C)C)c(NCC(C)CO)c1N. The van der Waals surface area contributed by atoms with E-state index < -0.39 is 0 Å². The topological polar surface area (TPSA) is 76.1 Å². The number of nitrogens with two attached hydrogens (primary N) is 1. The number of nitrogens with one attached hydrogen (secondary N) is 1. The first-order chi connectivity index (χ1) is 7.47. The summed E-state index contributed by atoms with van der Waals surface area (Å²) in [5.41, 5.74) is 7.49. The van der Waals surface area contributed by atoms with Crippen molar-refractivity contribution >= 4 is 11.5 Å². The highest BCUT2D eigenvalue weighted by Gasteiger charge is 2.14. The molecule has 0 aliphatic heterocycles. The predicted molar refractivity (Wildman–Crippen MR) is 66.5 cm³/mol. The molecule has 92 valence electrons. The van der Waals surface area contributed by atoms with E-state index in [0.29, 0.717) is 12.2 Å². The molecule has 0 saturated heterocycles. The van der Waals surface area contributed by atoms with Crippen LogP contribution in [0, 0.1) is 12.8 Å². The minimum absolute atomic E-state index is 0.168. The van der Waals surface area contributed by atoms with Gasteiger partial charge in [0.05, 0.1) is 11.4 Å². The van der Waals surface area contributed by atoms with Gasteiger partial charge >= 0.3 is 0 Å². The van der Waals surface area contributed by atoms with Crippen molar-refractivity contribution in [3.8, 4) is 0 Å². The number of aliphatic hydroxyl groups excluding tert-OH is 1. The summed E-state index contributed by atoms with van der Waals surface area (Å²) in [5, 5.41) is 16.6. The standard InChI is InChI=1S/C11H22N4O/c1-7(2)15-11(10(12)9(4)14-15)13-5-8(3)6-16/h7-8,13,16H,5-6,12H2,1-4H3. The second kappa shape index (κ2) is 5.21. The molecule has 0 fully saturated rings. The fraction of sp³-hybridized carbons (Fsp3) is 0.727. The van der Waals surface area contributed by atoms with Gasteiger partial charge in [-0.2, -0.15) is 5.10 Å². The van der Waals surface area contributed by atoms with Crippen LogP contribution in [-0.4, -0.2) is 28.0 Å². The number of nitrogens with zero attached hydrogens (tertiary/aromatic N) is 2. The van der Waals surface area contributed by atoms with Gasteiger partial charge in [0, 0.05) is 19.2 Å². The number of hydrogen-bond donors (Lipinski definition) is 3. The molecule has 1 aromatic heterocycles. The van der Waals surface area contributed by atoms with Crippen LogP contribution in [0.1, 0.15) is 32.5 Å². The number of rotatable bonds is 5. The first-order valence-electron chi connectivity index (χ1n) is 5.66. The van der Waals surface area contributed by atoms with Crippen LogP contribution >= 0.6 is 0 Å².